The van der Waals surface area contributed by atoms with Gasteiger partial charge in [-0.1, -0.05) is 24.3 Å². The number of nitro groups is 1. The maximum Gasteiger partial charge on any atom is 0.269 e. The Kier molecular flexibility index (Phi) is 5.76. The molecule has 0 fully saturated rings. The zero-order valence-corrected chi connectivity index (χ0v) is 13.9. The van der Waals surface area contributed by atoms with Crippen LogP contribution in [0.25, 0.3) is 0 Å². The number of nitro benzene ring substituents is 1. The van der Waals surface area contributed by atoms with Crippen molar-refractivity contribution < 1.29 is 9.72 Å². The van der Waals surface area contributed by atoms with Crippen molar-refractivity contribution in [3.63, 3.8) is 0 Å². The van der Waals surface area contributed by atoms with Crippen LogP contribution in [0.3, 0.4) is 0 Å². The maximum atomic E-state index is 12.0. The molecule has 0 radical (unpaired) electrons. The molecule has 0 bridgehead atoms. The quantitative estimate of drug-likeness (QED) is 0.640. The minimum atomic E-state index is -0.415. The summed E-state index contributed by atoms with van der Waals surface area (Å²) in [5, 5.41) is 13.6. The Balaban J connectivity index is 1.86. The molecule has 0 unspecified atom stereocenters. The van der Waals surface area contributed by atoms with Crippen LogP contribution in [0.1, 0.15) is 16.7 Å². The fourth-order valence-corrected chi connectivity index (χ4v) is 2.85. The number of non-ortho nitro benzene ring substituents is 1. The summed E-state index contributed by atoms with van der Waals surface area (Å²) < 4.78 is 0. The highest BCUT2D eigenvalue weighted by Crippen LogP contribution is 2.19. The van der Waals surface area contributed by atoms with E-state index in [1.807, 2.05) is 38.1 Å². The average Bonchev–Trinajstić information content (AvgIpc) is 2.51. The lowest BCUT2D eigenvalue weighted by atomic mass is 10.1. The van der Waals surface area contributed by atoms with E-state index in [9.17, 15) is 14.9 Å². The first-order valence-corrected chi connectivity index (χ1v) is 8.29. The van der Waals surface area contributed by atoms with Crippen LogP contribution in [0.2, 0.25) is 0 Å². The molecular weight excluding hydrogens is 312 g/mol. The molecule has 0 saturated carbocycles. The first-order valence-electron chi connectivity index (χ1n) is 7.14. The summed E-state index contributed by atoms with van der Waals surface area (Å²) in [5.74, 6) is 0.784. The molecule has 0 spiro atoms. The van der Waals surface area contributed by atoms with Crippen molar-refractivity contribution in [2.24, 2.45) is 0 Å². The summed E-state index contributed by atoms with van der Waals surface area (Å²) in [7, 11) is 0. The first kappa shape index (κ1) is 17.0. The van der Waals surface area contributed by atoms with Gasteiger partial charge in [-0.3, -0.25) is 14.9 Å². The summed E-state index contributed by atoms with van der Waals surface area (Å²) in [4.78, 5) is 22.3. The fraction of sp³-hybridized carbons (Fsp3) is 0.235. The number of hydrogen-bond donors (Lipinski definition) is 1. The molecular formula is C17H18N2O3S. The van der Waals surface area contributed by atoms with Crippen LogP contribution in [0.15, 0.2) is 42.5 Å². The Bertz CT molecular complexity index is 732. The lowest BCUT2D eigenvalue weighted by molar-refractivity contribution is -0.384. The summed E-state index contributed by atoms with van der Waals surface area (Å²) in [5.41, 5.74) is 3.85. The molecule has 23 heavy (non-hydrogen) atoms. The lowest BCUT2D eigenvalue weighted by Crippen LogP contribution is -2.15. The normalized spacial score (nSPS) is 10.3. The van der Waals surface area contributed by atoms with Crippen LogP contribution >= 0.6 is 11.8 Å². The van der Waals surface area contributed by atoms with Crippen molar-refractivity contribution in [1.82, 2.24) is 0 Å². The Morgan fingerprint density at radius 1 is 1.22 bits per heavy atom. The second-order valence-corrected chi connectivity index (χ2v) is 6.27. The van der Waals surface area contributed by atoms with E-state index in [0.29, 0.717) is 11.5 Å². The van der Waals surface area contributed by atoms with E-state index in [2.05, 4.69) is 5.32 Å². The largest absolute Gasteiger partial charge is 0.325 e. The molecule has 0 heterocycles. The van der Waals surface area contributed by atoms with Gasteiger partial charge >= 0.3 is 0 Å². The van der Waals surface area contributed by atoms with Gasteiger partial charge in [-0.25, -0.2) is 0 Å². The van der Waals surface area contributed by atoms with Crippen molar-refractivity contribution >= 4 is 29.0 Å². The topological polar surface area (TPSA) is 72.2 Å². The van der Waals surface area contributed by atoms with Crippen LogP contribution in [-0.4, -0.2) is 16.6 Å². The maximum absolute atomic E-state index is 12.0. The highest BCUT2D eigenvalue weighted by molar-refractivity contribution is 7.99. The second kappa shape index (κ2) is 7.78. The molecule has 2 rings (SSSR count). The summed E-state index contributed by atoms with van der Waals surface area (Å²) in [6.45, 7) is 3.93. The van der Waals surface area contributed by atoms with Crippen LogP contribution in [-0.2, 0) is 10.5 Å². The van der Waals surface area contributed by atoms with Gasteiger partial charge in [-0.15, -0.1) is 11.8 Å². The Morgan fingerprint density at radius 3 is 2.74 bits per heavy atom. The van der Waals surface area contributed by atoms with Gasteiger partial charge in [0.1, 0.15) is 0 Å². The molecule has 0 aliphatic rings. The molecule has 2 aromatic rings. The number of thioether (sulfide) groups is 1. The third-order valence-corrected chi connectivity index (χ3v) is 4.29. The molecule has 1 amide bonds. The Hall–Kier alpha value is -2.34. The fourth-order valence-electron chi connectivity index (χ4n) is 2.08. The number of benzene rings is 2. The number of anilines is 1. The molecule has 0 atom stereocenters. The van der Waals surface area contributed by atoms with Gasteiger partial charge in [0.25, 0.3) is 5.69 Å². The molecule has 120 valence electrons. The van der Waals surface area contributed by atoms with Gasteiger partial charge in [-0.05, 0) is 36.6 Å². The smallest absolute Gasteiger partial charge is 0.269 e. The molecule has 0 saturated heterocycles. The highest BCUT2D eigenvalue weighted by atomic mass is 32.2. The van der Waals surface area contributed by atoms with E-state index in [1.54, 1.807) is 6.07 Å². The van der Waals surface area contributed by atoms with Gasteiger partial charge in [0.2, 0.25) is 5.91 Å². The van der Waals surface area contributed by atoms with Crippen molar-refractivity contribution in [2.45, 2.75) is 19.6 Å². The minimum Gasteiger partial charge on any atom is -0.325 e. The lowest BCUT2D eigenvalue weighted by Gasteiger charge is -2.09. The van der Waals surface area contributed by atoms with E-state index < -0.39 is 4.92 Å². The first-order chi connectivity index (χ1) is 11.0. The van der Waals surface area contributed by atoms with Crippen molar-refractivity contribution in [2.75, 3.05) is 11.1 Å². The van der Waals surface area contributed by atoms with Crippen LogP contribution in [0, 0.1) is 24.0 Å². The van der Waals surface area contributed by atoms with Gasteiger partial charge in [0.15, 0.2) is 0 Å². The van der Waals surface area contributed by atoms with E-state index in [-0.39, 0.29) is 11.6 Å². The number of carbonyl (C=O) groups excluding carboxylic acids is 1. The average molecular weight is 330 g/mol. The molecule has 0 aromatic heterocycles. The minimum absolute atomic E-state index is 0.0722. The molecule has 2 aromatic carbocycles. The van der Waals surface area contributed by atoms with Gasteiger partial charge in [-0.2, -0.15) is 0 Å². The number of rotatable bonds is 6. The van der Waals surface area contributed by atoms with Crippen molar-refractivity contribution in [1.29, 1.82) is 0 Å². The summed E-state index contributed by atoms with van der Waals surface area (Å²) >= 11 is 1.43. The van der Waals surface area contributed by atoms with Crippen molar-refractivity contribution in [3.05, 3.63) is 69.3 Å². The monoisotopic (exact) mass is 330 g/mol. The highest BCUT2D eigenvalue weighted by Gasteiger charge is 2.08. The van der Waals surface area contributed by atoms with Crippen LogP contribution in [0.5, 0.6) is 0 Å². The third-order valence-electron chi connectivity index (χ3n) is 3.29. The predicted molar refractivity (Wildman–Crippen MR) is 93.8 cm³/mol. The van der Waals surface area contributed by atoms with E-state index in [0.717, 1.165) is 22.4 Å². The summed E-state index contributed by atoms with van der Waals surface area (Å²) in [6, 6.07) is 12.4. The van der Waals surface area contributed by atoms with Crippen LogP contribution in [0.4, 0.5) is 11.4 Å². The van der Waals surface area contributed by atoms with Gasteiger partial charge < -0.3 is 5.32 Å². The third kappa shape index (κ3) is 5.10. The number of nitrogens with zero attached hydrogens (tertiary/aromatic N) is 1. The second-order valence-electron chi connectivity index (χ2n) is 5.29. The zero-order valence-electron chi connectivity index (χ0n) is 13.0. The van der Waals surface area contributed by atoms with Gasteiger partial charge in [0, 0.05) is 23.6 Å². The Morgan fingerprint density at radius 2 is 2.00 bits per heavy atom. The number of aryl methyl sites for hydroxylation is 2. The van der Waals surface area contributed by atoms with Gasteiger partial charge in [0.05, 0.1) is 10.7 Å². The predicted octanol–water partition coefficient (Wildman–Crippen LogP) is 4.08. The SMILES string of the molecule is Cc1ccc(C)c(NC(=O)CSCc2cccc([N+](=O)[O-])c2)c1. The van der Waals surface area contributed by atoms with E-state index in [4.69, 9.17) is 0 Å². The van der Waals surface area contributed by atoms with Crippen molar-refractivity contribution in [3.8, 4) is 0 Å². The summed E-state index contributed by atoms with van der Waals surface area (Å²) in [6.07, 6.45) is 0. The molecule has 0 aliphatic carbocycles. The number of amides is 1. The zero-order chi connectivity index (χ0) is 16.8. The molecule has 5 nitrogen and oxygen atoms in total. The molecule has 1 N–H and O–H groups in total. The van der Waals surface area contributed by atoms with E-state index in [1.165, 1.54) is 23.9 Å². The number of nitrogens with one attached hydrogen (secondary N) is 1. The molecule has 0 aliphatic heterocycles. The number of carbonyl (C=O) groups is 1. The standard InChI is InChI=1S/C17H18N2O3S/c1-12-6-7-13(2)16(8-12)18-17(20)11-23-10-14-4-3-5-15(9-14)19(21)22/h3-9H,10-11H2,1-2H3,(H,18,20). The van der Waals surface area contributed by atoms with Crippen LogP contribution < -0.4 is 5.32 Å². The molecule has 6 heteroatoms. The van der Waals surface area contributed by atoms with E-state index >= 15 is 0 Å². The Labute approximate surface area is 139 Å². The number of hydrogen-bond acceptors (Lipinski definition) is 4.